The highest BCUT2D eigenvalue weighted by atomic mass is 33.3. The van der Waals surface area contributed by atoms with Crippen LogP contribution >= 0.6 is 763 Å². The minimum absolute atomic E-state index is 0. The Bertz CT molecular complexity index is 2890. The van der Waals surface area contributed by atoms with Gasteiger partial charge in [-0.25, -0.2) is 0 Å². The maximum absolute atomic E-state index is 6.86. The number of nitrogens with two attached hydrogens (primary N) is 7. The molecular formula is H144N55P91S. The molecule has 880 valence electrons. The van der Waals surface area contributed by atoms with Crippen molar-refractivity contribution < 1.29 is 0 Å². The molecule has 147 heteroatoms. The highest BCUT2D eigenvalue weighted by Gasteiger charge is 2.30. The molecule has 0 saturated carbocycles. The van der Waals surface area contributed by atoms with Gasteiger partial charge in [-0.2, -0.15) is 62.1 Å². The molecule has 0 aromatic rings. The average Bonchev–Trinajstić information content (AvgIpc) is 0.871. The van der Waals surface area contributed by atoms with Crippen molar-refractivity contribution in [1.82, 2.24) is 6.15 Å². The summed E-state index contributed by atoms with van der Waals surface area (Å²) in [6.45, 7) is 5.23. The van der Waals surface area contributed by atoms with Gasteiger partial charge in [-0.05, 0) is 366 Å². The van der Waals surface area contributed by atoms with Gasteiger partial charge in [0.25, 0.3) is 0 Å². The maximum Gasteiger partial charge on any atom is 0 e. The van der Waals surface area contributed by atoms with Gasteiger partial charge in [0.15, 0.2) is 0 Å². The summed E-state index contributed by atoms with van der Waals surface area (Å²) in [5.74, 6) is 31.1. The van der Waals surface area contributed by atoms with Crippen LogP contribution in [0.15, 0.2) is 183 Å². The van der Waals surface area contributed by atoms with E-state index in [2.05, 4.69) is 706 Å². The Balaban J connectivity index is -0.0000000497. The smallest absolute Gasteiger partial charge is 0 e. The molecule has 0 heterocycles. The SMILES string of the molecule is N.N#N.N/N=N/N.N/N=N/N=N/N=N/N.N=N/N=N/N.N=N/N=N/N=N.N=N/N=N/N=N/N.N=N/N=N/N=N/N=N/N.N=N/N=N/N=N/N=N/N=N.P.PP.PP(P)P.PP(P)P(P(P)P)P(P)P.PP(P)P(P)P.PP(P)P(P)P(P(P)P)P(P)P.PP(P)P(P)P(P)P.PPP.PPP(P(P)P)P(P(P)P)P(P)P.PPP(P(P)P)P(P)P.PPP(P)P.PPP(P)P(P(P)P)P(P)P.PPP(P)P(P)P.S.[N-]=[N+]=N. The van der Waals surface area contributed by atoms with E-state index in [1.54, 1.807) is 4.91 Å². The van der Waals surface area contributed by atoms with Crippen LogP contribution in [0.4, 0.5) is 0 Å². The van der Waals surface area contributed by atoms with E-state index in [0.717, 1.165) is 47.7 Å². The van der Waals surface area contributed by atoms with Crippen LogP contribution in [0.25, 0.3) is 10.4 Å². The lowest BCUT2D eigenvalue weighted by Gasteiger charge is -2.34. The molecule has 64 atom stereocenters. The van der Waals surface area contributed by atoms with E-state index in [1.807, 2.05) is 0 Å². The van der Waals surface area contributed by atoms with Gasteiger partial charge in [0.1, 0.15) is 0 Å². The first kappa shape index (κ1) is 233. The number of rotatable bonds is 39. The number of hydrogen-bond donors (Lipinski definition) is 16. The Morgan fingerprint density at radius 1 is 0.224 bits per heavy atom. The third kappa shape index (κ3) is 242. The Labute approximate surface area is 1050 Å². The topological polar surface area (TPSA) is 925 Å². The fraction of sp³-hybridized carbons (Fsp3) is 0. The van der Waals surface area contributed by atoms with Gasteiger partial charge < -0.3 is 47.0 Å². The summed E-state index contributed by atoms with van der Waals surface area (Å²) >= 11 is 0. The summed E-state index contributed by atoms with van der Waals surface area (Å²) in [5, 5.41) is 107. The van der Waals surface area contributed by atoms with Crippen molar-refractivity contribution in [3.8, 4) is 0 Å². The first-order chi connectivity index (χ1) is 67.0. The minimum Gasteiger partial charge on any atom is -0.344 e. The first-order valence-electron chi connectivity index (χ1n) is 28.7. The van der Waals surface area contributed by atoms with Crippen LogP contribution in [-0.2, 0) is 0 Å². The third-order valence-electron chi connectivity index (χ3n) is 6.17. The van der Waals surface area contributed by atoms with Crippen molar-refractivity contribution in [2.45, 2.75) is 0 Å². The van der Waals surface area contributed by atoms with Gasteiger partial charge >= 0.3 is 0 Å². The predicted octanol–water partition coefficient (Wildman–Crippen LogP) is 52.6. The van der Waals surface area contributed by atoms with Gasteiger partial charge in [-0.3, -0.25) is 0 Å². The molecule has 25 N–H and O–H groups in total. The van der Waals surface area contributed by atoms with E-state index in [4.69, 9.17) is 60.6 Å². The molecule has 0 aliphatic heterocycles. The molecule has 0 aromatic heterocycles. The molecule has 147 heavy (non-hydrogen) atoms. The second-order valence-electron chi connectivity index (χ2n) is 15.0. The molecule has 0 radical (unpaired) electrons. The van der Waals surface area contributed by atoms with Crippen LogP contribution in [0.2, 0.25) is 0 Å². The average molecular weight is 3770 g/mol. The van der Waals surface area contributed by atoms with Gasteiger partial charge in [-0.15, -0.1) is 488 Å². The van der Waals surface area contributed by atoms with Gasteiger partial charge in [0.05, 0.1) is 0 Å². The van der Waals surface area contributed by atoms with Crippen LogP contribution in [0.3, 0.4) is 0 Å². The normalized spacial score (nSPS) is 11.9. The highest BCUT2D eigenvalue weighted by Crippen LogP contribution is 3.19. The Morgan fingerprint density at radius 3 is 0.463 bits per heavy atom. The molecule has 0 rings (SSSR count). The summed E-state index contributed by atoms with van der Waals surface area (Å²) in [4.78, 5) is 1.75. The minimum atomic E-state index is 0. The molecule has 0 saturated heterocycles. The summed E-state index contributed by atoms with van der Waals surface area (Å²) in [7, 11) is 161. The largest absolute Gasteiger partial charge is 0.344 e. The number of nitrogens with zero attached hydrogens (tertiary/aromatic N) is 39. The third-order valence-corrected chi connectivity index (χ3v) is 401. The van der Waals surface area contributed by atoms with E-state index >= 15 is 0 Å². The zero-order chi connectivity index (χ0) is 119. The summed E-state index contributed by atoms with van der Waals surface area (Å²) in [6, 6.07) is 0. The predicted molar refractivity (Wildman–Crippen MR) is 955 cm³/mol. The summed E-state index contributed by atoms with van der Waals surface area (Å²) < 4.78 is 0. The molecule has 64 unspecified atom stereocenters. The fourth-order valence-electron chi connectivity index (χ4n) is 2.56. The maximum atomic E-state index is 6.86. The Kier molecular flexibility index (Phi) is 323. The van der Waals surface area contributed by atoms with Crippen molar-refractivity contribution in [1.29, 1.82) is 55.0 Å². The molecule has 0 fully saturated rings. The van der Waals surface area contributed by atoms with Crippen LogP contribution in [0, 0.1) is 55.0 Å². The van der Waals surface area contributed by atoms with Crippen molar-refractivity contribution in [3.05, 3.63) is 10.4 Å². The highest BCUT2D eigenvalue weighted by molar-refractivity contribution is 9.25. The van der Waals surface area contributed by atoms with Crippen molar-refractivity contribution in [2.75, 3.05) is 0 Å². The zero-order valence-electron chi connectivity index (χ0n) is 75.0. The number of hydrogen-bond acceptors (Lipinski definition) is 18. The summed E-state index contributed by atoms with van der Waals surface area (Å²) in [5.41, 5.74) is 54.2. The van der Waals surface area contributed by atoms with Crippen LogP contribution < -0.4 is 47.0 Å². The zero-order valence-corrected chi connectivity index (χ0v) is 173. The standard InChI is InChI=1S/H2N10.H3N9.H4N8.H3N7.H2N6.H3N5.H4N4.HN3.N2.H3N.H15P13.H14P12.H13P11.H12P10.H11P9.H10P8.H9P7.H8P6.H7P5.H6P4.H5P3.H4P2.H3P.H2S/c1-3-5-7-9-10-8-6-4-2;1-3-5-7-9-8-6-4-2;1-3-5-7-8-6-4-2;1-3-5-7-6-4-2;1-3-5-6-4-2;1-3-5-4-2;1-3-4-2;1-3-2;1-2;;1-8-12(9(2)3)13(10(4)5)11(6)7;1-8(2)11(7)12(9(3)4)10(5)6;1-7-10(6)11(8(2)3)9(4)5;1-7(2)10(8(3)4)9(5)6;1-6-9(7(2)3)8(4)5;1-6(2)8(5)7(3)4;1-5-7(4)6(2)3;1-5(2)6(3)4;1-4-5(2)3;1-4(2)3;1-3-2;1-2;;/h1-2H;(H3,1,2,5,6,9);(H2,1,4,5,8)(H2,2,3,6,7);(H3,1,2,5,6);1-2H;(H3,1,2,5);(H2,1,4)(H2,2,3);1H;;1H3;8H,1-7H2;1-7H2;7H,1-6H2;1-6H2;6H,1-5H2;1-5H2;5H,1-4H2;1-4H2;4H,1-3H2;1-3H2;3H,1-2H2;1-2H2;1H3;1H2/b3-1?,4-2?,7-5+,8-6+,10-9+;;;;3-1?,4-2?,6-5+;;;;;;;;;;;;;;;;;;;. The molecule has 0 aliphatic rings. The first-order valence-corrected chi connectivity index (χ1v) is 181. The lowest BCUT2D eigenvalue weighted by Crippen LogP contribution is -1.80. The van der Waals surface area contributed by atoms with E-state index in [0.29, 0.717) is 6.99 Å². The quantitative estimate of drug-likeness (QED) is 0.00524. The molecule has 0 amide bonds. The fourth-order valence-corrected chi connectivity index (χ4v) is 520. The summed E-state index contributed by atoms with van der Waals surface area (Å²) in [6.07, 6.45) is 0. The Hall–Kier alpha value is 28.4. The van der Waals surface area contributed by atoms with Crippen molar-refractivity contribution in [3.63, 3.8) is 0 Å². The van der Waals surface area contributed by atoms with E-state index < -0.39 is 0 Å². The van der Waals surface area contributed by atoms with E-state index in [9.17, 15) is 0 Å². The van der Waals surface area contributed by atoms with E-state index in [-0.39, 0.29) is 232 Å². The van der Waals surface area contributed by atoms with Gasteiger partial charge in [0, 0.05) is 10.8 Å². The molecule has 0 aromatic carbocycles. The van der Waals surface area contributed by atoms with E-state index in [1.165, 1.54) is 0 Å². The van der Waals surface area contributed by atoms with Gasteiger partial charge in [-0.1, -0.05) is 84.3 Å². The lowest BCUT2D eigenvalue weighted by molar-refractivity contribution is 0.764. The molecule has 55 nitrogen and oxygen atoms in total. The monoisotopic (exact) mass is 3770 g/mol. The van der Waals surface area contributed by atoms with Crippen LogP contribution in [0.1, 0.15) is 0 Å². The van der Waals surface area contributed by atoms with Crippen molar-refractivity contribution in [2.24, 2.45) is 224 Å². The Morgan fingerprint density at radius 2 is 0.395 bits per heavy atom. The molecule has 0 bridgehead atoms. The second-order valence-corrected chi connectivity index (χ2v) is 314. The molecule has 0 aliphatic carbocycles. The van der Waals surface area contributed by atoms with Crippen LogP contribution in [0.5, 0.6) is 0 Å². The molecule has 0 spiro atoms. The van der Waals surface area contributed by atoms with Crippen molar-refractivity contribution >= 4 is 763 Å². The lowest BCUT2D eigenvalue weighted by atomic mass is 12.4. The second kappa shape index (κ2) is 204. The number of nitrogens with one attached hydrogen (secondary N) is 8. The van der Waals surface area contributed by atoms with Gasteiger partial charge in [0.2, 0.25) is 0 Å². The molecular weight excluding hydrogens is 3620 g/mol. The van der Waals surface area contributed by atoms with Crippen LogP contribution in [-0.4, -0.2) is 0 Å².